The molecular weight excluding hydrogens is 462 g/mol. The second kappa shape index (κ2) is 10.8. The van der Waals surface area contributed by atoms with E-state index in [4.69, 9.17) is 0 Å². The fraction of sp³-hybridized carbons (Fsp3) is 0.318. The molecule has 3 aromatic rings. The van der Waals surface area contributed by atoms with Gasteiger partial charge >= 0.3 is 0 Å². The molecule has 0 fully saturated rings. The number of benzene rings is 2. The summed E-state index contributed by atoms with van der Waals surface area (Å²) >= 11 is 1.21. The molecule has 0 bridgehead atoms. The van der Waals surface area contributed by atoms with E-state index in [1.807, 2.05) is 11.5 Å². The Kier molecular flexibility index (Phi) is 8.11. The van der Waals surface area contributed by atoms with E-state index in [1.165, 1.54) is 16.1 Å². The van der Waals surface area contributed by atoms with E-state index in [9.17, 15) is 18.0 Å². The molecule has 1 aromatic heterocycles. The number of hydrogen-bond acceptors (Lipinski definition) is 6. The number of nitrogens with zero attached hydrogens (tertiary/aromatic N) is 3. The van der Waals surface area contributed by atoms with Gasteiger partial charge in [-0.3, -0.25) is 20.4 Å². The lowest BCUT2D eigenvalue weighted by molar-refractivity contribution is -0.119. The number of carbonyl (C=O) groups excluding carboxylic acids is 2. The highest BCUT2D eigenvalue weighted by atomic mass is 32.2. The molecule has 3 rings (SSSR count). The van der Waals surface area contributed by atoms with Crippen molar-refractivity contribution in [3.63, 3.8) is 0 Å². The molecule has 0 aliphatic carbocycles. The molecule has 11 heteroatoms. The largest absolute Gasteiger partial charge is 0.319 e. The summed E-state index contributed by atoms with van der Waals surface area (Å²) in [5.74, 6) is -0.760. The van der Waals surface area contributed by atoms with Crippen LogP contribution in [0.5, 0.6) is 0 Å². The molecule has 0 radical (unpaired) electrons. The second-order valence-electron chi connectivity index (χ2n) is 7.04. The van der Waals surface area contributed by atoms with E-state index < -0.39 is 15.9 Å². The molecule has 0 atom stereocenters. The number of fused-ring (bicyclic) bond motifs is 1. The van der Waals surface area contributed by atoms with Gasteiger partial charge in [0.25, 0.3) is 5.91 Å². The normalized spacial score (nSPS) is 11.6. The van der Waals surface area contributed by atoms with E-state index in [-0.39, 0.29) is 16.6 Å². The Morgan fingerprint density at radius 1 is 1.03 bits per heavy atom. The summed E-state index contributed by atoms with van der Waals surface area (Å²) in [6.45, 7) is 6.93. The number of imidazole rings is 1. The number of hydrogen-bond donors (Lipinski definition) is 2. The van der Waals surface area contributed by atoms with Gasteiger partial charge in [0.05, 0.1) is 21.7 Å². The first kappa shape index (κ1) is 24.7. The van der Waals surface area contributed by atoms with Crippen LogP contribution in [0.3, 0.4) is 0 Å². The van der Waals surface area contributed by atoms with Gasteiger partial charge in [-0.1, -0.05) is 43.8 Å². The van der Waals surface area contributed by atoms with Gasteiger partial charge in [-0.05, 0) is 37.3 Å². The Morgan fingerprint density at radius 2 is 1.73 bits per heavy atom. The summed E-state index contributed by atoms with van der Waals surface area (Å²) < 4.78 is 29.0. The summed E-state index contributed by atoms with van der Waals surface area (Å²) in [5.41, 5.74) is 6.55. The molecule has 9 nitrogen and oxygen atoms in total. The summed E-state index contributed by atoms with van der Waals surface area (Å²) in [7, 11) is -3.59. The predicted octanol–water partition coefficient (Wildman–Crippen LogP) is 2.64. The number of rotatable bonds is 9. The molecular formula is C22H27N5O4S2. The molecule has 1 heterocycles. The highest BCUT2D eigenvalue weighted by molar-refractivity contribution is 7.99. The molecule has 2 amide bonds. The van der Waals surface area contributed by atoms with Gasteiger partial charge in [0.1, 0.15) is 0 Å². The summed E-state index contributed by atoms with van der Waals surface area (Å²) in [5, 5.41) is 0.592. The highest BCUT2D eigenvalue weighted by Gasteiger charge is 2.23. The van der Waals surface area contributed by atoms with E-state index >= 15 is 0 Å². The maximum atomic E-state index is 12.8. The number of aryl methyl sites for hydroxylation is 1. The van der Waals surface area contributed by atoms with E-state index in [0.29, 0.717) is 35.9 Å². The Hall–Kier alpha value is -2.89. The van der Waals surface area contributed by atoms with E-state index in [0.717, 1.165) is 5.52 Å². The number of aromatic nitrogens is 2. The third-order valence-electron chi connectivity index (χ3n) is 5.03. The second-order valence-corrected chi connectivity index (χ2v) is 9.92. The van der Waals surface area contributed by atoms with Crippen LogP contribution in [0.25, 0.3) is 11.0 Å². The van der Waals surface area contributed by atoms with Gasteiger partial charge in [0, 0.05) is 25.2 Å². The van der Waals surface area contributed by atoms with Gasteiger partial charge in [-0.15, -0.1) is 0 Å². The lowest BCUT2D eigenvalue weighted by atomic mass is 10.2. The van der Waals surface area contributed by atoms with Crippen LogP contribution >= 0.6 is 11.8 Å². The Balaban J connectivity index is 1.71. The minimum absolute atomic E-state index is 0.0307. The van der Waals surface area contributed by atoms with Crippen molar-refractivity contribution in [1.82, 2.24) is 24.7 Å². The Labute approximate surface area is 197 Å². The van der Waals surface area contributed by atoms with Crippen LogP contribution in [-0.4, -0.2) is 52.9 Å². The minimum atomic E-state index is -3.59. The van der Waals surface area contributed by atoms with Gasteiger partial charge in [0.2, 0.25) is 15.9 Å². The Bertz CT molecular complexity index is 1240. The first-order valence-corrected chi connectivity index (χ1v) is 13.0. The average Bonchev–Trinajstić information content (AvgIpc) is 3.19. The van der Waals surface area contributed by atoms with E-state index in [2.05, 4.69) is 15.8 Å². The molecule has 0 unspecified atom stereocenters. The summed E-state index contributed by atoms with van der Waals surface area (Å²) in [4.78, 5) is 29.0. The van der Waals surface area contributed by atoms with Gasteiger partial charge < -0.3 is 4.57 Å². The van der Waals surface area contributed by atoms with Crippen molar-refractivity contribution in [3.05, 3.63) is 54.1 Å². The molecule has 0 aliphatic rings. The number of carbonyl (C=O) groups is 2. The number of hydrazine groups is 1. The molecule has 0 saturated carbocycles. The van der Waals surface area contributed by atoms with Crippen molar-refractivity contribution in [1.29, 1.82) is 0 Å². The zero-order chi connectivity index (χ0) is 24.0. The van der Waals surface area contributed by atoms with Gasteiger partial charge in [0.15, 0.2) is 5.16 Å². The van der Waals surface area contributed by atoms with Crippen LogP contribution in [0.1, 0.15) is 31.1 Å². The lowest BCUT2D eigenvalue weighted by Crippen LogP contribution is -2.42. The topological polar surface area (TPSA) is 113 Å². The van der Waals surface area contributed by atoms with Crippen LogP contribution in [0.4, 0.5) is 0 Å². The monoisotopic (exact) mass is 489 g/mol. The van der Waals surface area contributed by atoms with Crippen molar-refractivity contribution >= 4 is 44.6 Å². The van der Waals surface area contributed by atoms with Crippen molar-refractivity contribution in [2.45, 2.75) is 37.4 Å². The molecule has 176 valence electrons. The molecule has 33 heavy (non-hydrogen) atoms. The summed E-state index contributed by atoms with van der Waals surface area (Å²) in [6, 6.07) is 13.5. The van der Waals surface area contributed by atoms with Crippen molar-refractivity contribution in [2.24, 2.45) is 0 Å². The van der Waals surface area contributed by atoms with Crippen LogP contribution in [0, 0.1) is 0 Å². The summed E-state index contributed by atoms with van der Waals surface area (Å²) in [6.07, 6.45) is 0. The SMILES string of the molecule is CCN(CC)S(=O)(=O)c1ccc2c(c1)nc(SCC(=O)NNC(=O)c1ccccc1)n2CC. The Morgan fingerprint density at radius 3 is 2.36 bits per heavy atom. The number of sulfonamides is 1. The van der Waals surface area contributed by atoms with Gasteiger partial charge in [-0.2, -0.15) is 4.31 Å². The zero-order valence-corrected chi connectivity index (χ0v) is 20.4. The first-order chi connectivity index (χ1) is 15.8. The first-order valence-electron chi connectivity index (χ1n) is 10.6. The van der Waals surface area contributed by atoms with Crippen LogP contribution in [0.15, 0.2) is 58.6 Å². The number of nitrogens with one attached hydrogen (secondary N) is 2. The van der Waals surface area contributed by atoms with Crippen molar-refractivity contribution in [2.75, 3.05) is 18.8 Å². The maximum absolute atomic E-state index is 12.8. The average molecular weight is 490 g/mol. The van der Waals surface area contributed by atoms with Crippen LogP contribution < -0.4 is 10.9 Å². The number of thioether (sulfide) groups is 1. The maximum Gasteiger partial charge on any atom is 0.269 e. The van der Waals surface area contributed by atoms with Crippen LogP contribution in [-0.2, 0) is 21.4 Å². The molecule has 0 saturated heterocycles. The molecule has 0 spiro atoms. The van der Waals surface area contributed by atoms with Gasteiger partial charge in [-0.25, -0.2) is 13.4 Å². The fourth-order valence-electron chi connectivity index (χ4n) is 3.33. The van der Waals surface area contributed by atoms with Crippen LogP contribution in [0.2, 0.25) is 0 Å². The number of amides is 2. The van der Waals surface area contributed by atoms with Crippen molar-refractivity contribution < 1.29 is 18.0 Å². The smallest absolute Gasteiger partial charge is 0.269 e. The van der Waals surface area contributed by atoms with E-state index in [1.54, 1.807) is 62.4 Å². The van der Waals surface area contributed by atoms with Crippen molar-refractivity contribution in [3.8, 4) is 0 Å². The highest BCUT2D eigenvalue weighted by Crippen LogP contribution is 2.27. The lowest BCUT2D eigenvalue weighted by Gasteiger charge is -2.18. The molecule has 2 N–H and O–H groups in total. The standard InChI is InChI=1S/C22H27N5O4S2/c1-4-26(5-2)33(30,31)17-12-13-19-18(14-17)23-22(27(19)6-3)32-15-20(28)24-25-21(29)16-10-8-7-9-11-16/h7-14H,4-6,15H2,1-3H3,(H,24,28)(H,25,29). The predicted molar refractivity (Wildman–Crippen MR) is 128 cm³/mol. The molecule has 2 aromatic carbocycles. The zero-order valence-electron chi connectivity index (χ0n) is 18.7. The fourth-order valence-corrected chi connectivity index (χ4v) is 5.69. The third kappa shape index (κ3) is 5.55. The quantitative estimate of drug-likeness (QED) is 0.353. The molecule has 0 aliphatic heterocycles. The minimum Gasteiger partial charge on any atom is -0.319 e. The third-order valence-corrected chi connectivity index (χ3v) is 8.05.